The molecule has 2 aromatic carbocycles. The number of hydrogen-bond donors (Lipinski definition) is 0. The molecule has 0 spiro atoms. The van der Waals surface area contributed by atoms with Gasteiger partial charge in [-0.25, -0.2) is 0 Å². The molecule has 0 fully saturated rings. The second-order valence-electron chi connectivity index (χ2n) is 4.83. The highest BCUT2D eigenvalue weighted by Gasteiger charge is 2.03. The van der Waals surface area contributed by atoms with Gasteiger partial charge < -0.3 is 4.57 Å². The molecule has 0 aliphatic carbocycles. The number of alkyl halides is 1. The van der Waals surface area contributed by atoms with Gasteiger partial charge in [0.05, 0.1) is 0 Å². The van der Waals surface area contributed by atoms with E-state index in [1.165, 1.54) is 11.1 Å². The average molecular weight is 375 g/mol. The first-order valence-corrected chi connectivity index (χ1v) is 8.00. The van der Waals surface area contributed by atoms with E-state index in [-0.39, 0.29) is 0 Å². The highest BCUT2D eigenvalue weighted by molar-refractivity contribution is 14.1. The molecule has 0 N–H and O–H groups in total. The van der Waals surface area contributed by atoms with Crippen LogP contribution in [-0.2, 0) is 11.0 Å². The third kappa shape index (κ3) is 2.63. The Bertz CT molecular complexity index is 743. The summed E-state index contributed by atoms with van der Waals surface area (Å²) in [5, 5.41) is 1.11. The van der Waals surface area contributed by atoms with Gasteiger partial charge in [0.2, 0.25) is 0 Å². The maximum absolute atomic E-state index is 10.8. The summed E-state index contributed by atoms with van der Waals surface area (Å²) in [6.45, 7) is 0.853. The summed E-state index contributed by atoms with van der Waals surface area (Å²) in [6.07, 6.45) is 2.96. The van der Waals surface area contributed by atoms with Gasteiger partial charge in [0.15, 0.2) is 0 Å². The van der Waals surface area contributed by atoms with Crippen molar-refractivity contribution in [3.05, 3.63) is 71.4 Å². The minimum absolute atomic E-state index is 0.724. The van der Waals surface area contributed by atoms with Crippen molar-refractivity contribution in [3.63, 3.8) is 0 Å². The smallest absolute Gasteiger partial charge is 0.150 e. The summed E-state index contributed by atoms with van der Waals surface area (Å²) < 4.78 is 3.25. The maximum atomic E-state index is 10.8. The number of benzene rings is 2. The Hall–Kier alpha value is -1.62. The van der Waals surface area contributed by atoms with E-state index in [1.54, 1.807) is 0 Å². The molecule has 3 aromatic rings. The predicted octanol–water partition coefficient (Wildman–Crippen LogP) is 4.44. The number of aromatic nitrogens is 1. The van der Waals surface area contributed by atoms with E-state index >= 15 is 0 Å². The minimum Gasteiger partial charge on any atom is -0.343 e. The summed E-state index contributed by atoms with van der Waals surface area (Å²) in [4.78, 5) is 10.8. The van der Waals surface area contributed by atoms with Crippen LogP contribution >= 0.6 is 22.6 Å². The number of nitrogens with zero attached hydrogens (tertiary/aromatic N) is 1. The molecule has 0 saturated carbocycles. The zero-order chi connectivity index (χ0) is 13.9. The molecule has 1 aromatic heterocycles. The van der Waals surface area contributed by atoms with Crippen molar-refractivity contribution in [1.29, 1.82) is 0 Å². The molecule has 3 rings (SSSR count). The van der Waals surface area contributed by atoms with E-state index < -0.39 is 0 Å². The molecule has 100 valence electrons. The minimum atomic E-state index is 0.724. The number of carbonyl (C=O) groups is 1. The number of fused-ring (bicyclic) bond motifs is 1. The Morgan fingerprint density at radius 2 is 1.75 bits per heavy atom. The zero-order valence-electron chi connectivity index (χ0n) is 10.9. The van der Waals surface area contributed by atoms with E-state index in [2.05, 4.69) is 63.7 Å². The van der Waals surface area contributed by atoms with Crippen LogP contribution in [0.5, 0.6) is 0 Å². The normalized spacial score (nSPS) is 10.8. The van der Waals surface area contributed by atoms with Crippen molar-refractivity contribution in [2.24, 2.45) is 0 Å². The molecule has 1 heterocycles. The molecule has 0 unspecified atom stereocenters. The highest BCUT2D eigenvalue weighted by atomic mass is 127. The first-order chi connectivity index (χ1) is 9.80. The van der Waals surface area contributed by atoms with Gasteiger partial charge in [-0.15, -0.1) is 0 Å². The van der Waals surface area contributed by atoms with Crippen LogP contribution in [0.15, 0.2) is 54.7 Å². The molecule has 0 aliphatic rings. The maximum Gasteiger partial charge on any atom is 0.150 e. The molecule has 0 aliphatic heterocycles. The summed E-state index contributed by atoms with van der Waals surface area (Å²) in [6, 6.07) is 16.6. The molecule has 0 atom stereocenters. The lowest BCUT2D eigenvalue weighted by atomic mass is 10.1. The van der Waals surface area contributed by atoms with E-state index in [1.807, 2.05) is 18.2 Å². The molecular weight excluding hydrogens is 361 g/mol. The monoisotopic (exact) mass is 375 g/mol. The van der Waals surface area contributed by atoms with E-state index in [9.17, 15) is 4.79 Å². The van der Waals surface area contributed by atoms with Gasteiger partial charge in [0, 0.05) is 33.6 Å². The van der Waals surface area contributed by atoms with E-state index in [4.69, 9.17) is 0 Å². The number of carbonyl (C=O) groups excluding carboxylic acids is 1. The van der Waals surface area contributed by atoms with Gasteiger partial charge in [-0.05, 0) is 35.4 Å². The van der Waals surface area contributed by atoms with Crippen molar-refractivity contribution >= 4 is 39.8 Å². The standard InChI is InChI=1S/C17H14INO/c18-10-13-1-3-14(4-2-13)11-19-8-7-16-9-15(12-20)5-6-17(16)19/h1-9,12H,10-11H2. The van der Waals surface area contributed by atoms with Gasteiger partial charge in [-0.1, -0.05) is 46.9 Å². The van der Waals surface area contributed by atoms with Gasteiger partial charge in [0.25, 0.3) is 0 Å². The van der Waals surface area contributed by atoms with Crippen molar-refractivity contribution < 1.29 is 4.79 Å². The number of halogens is 1. The van der Waals surface area contributed by atoms with Crippen molar-refractivity contribution in [1.82, 2.24) is 4.57 Å². The molecule has 0 amide bonds. The number of hydrogen-bond acceptors (Lipinski definition) is 1. The Labute approximate surface area is 131 Å². The van der Waals surface area contributed by atoms with Gasteiger partial charge in [0.1, 0.15) is 6.29 Å². The Morgan fingerprint density at radius 1 is 1.00 bits per heavy atom. The molecule has 0 saturated heterocycles. The largest absolute Gasteiger partial charge is 0.343 e. The lowest BCUT2D eigenvalue weighted by molar-refractivity contribution is 0.112. The van der Waals surface area contributed by atoms with Crippen LogP contribution in [-0.4, -0.2) is 10.9 Å². The summed E-state index contributed by atoms with van der Waals surface area (Å²) in [7, 11) is 0. The van der Waals surface area contributed by atoms with Crippen molar-refractivity contribution in [2.75, 3.05) is 0 Å². The molecule has 0 bridgehead atoms. The van der Waals surface area contributed by atoms with Crippen molar-refractivity contribution in [2.45, 2.75) is 11.0 Å². The lowest BCUT2D eigenvalue weighted by Gasteiger charge is -2.06. The van der Waals surface area contributed by atoms with Crippen LogP contribution in [0.2, 0.25) is 0 Å². The first kappa shape index (κ1) is 13.4. The topological polar surface area (TPSA) is 22.0 Å². The van der Waals surface area contributed by atoms with Gasteiger partial charge >= 0.3 is 0 Å². The number of aldehydes is 1. The van der Waals surface area contributed by atoms with E-state index in [0.717, 1.165) is 33.7 Å². The first-order valence-electron chi connectivity index (χ1n) is 6.48. The van der Waals surface area contributed by atoms with Crippen LogP contribution in [0, 0.1) is 0 Å². The second-order valence-corrected chi connectivity index (χ2v) is 5.59. The second kappa shape index (κ2) is 5.79. The number of rotatable bonds is 4. The van der Waals surface area contributed by atoms with Crippen LogP contribution in [0.25, 0.3) is 10.9 Å². The van der Waals surface area contributed by atoms with Gasteiger partial charge in [-0.2, -0.15) is 0 Å². The van der Waals surface area contributed by atoms with Crippen LogP contribution in [0.1, 0.15) is 21.5 Å². The molecule has 2 nitrogen and oxygen atoms in total. The Morgan fingerprint density at radius 3 is 2.45 bits per heavy atom. The van der Waals surface area contributed by atoms with Crippen LogP contribution in [0.3, 0.4) is 0 Å². The zero-order valence-corrected chi connectivity index (χ0v) is 13.1. The van der Waals surface area contributed by atoms with Crippen molar-refractivity contribution in [3.8, 4) is 0 Å². The average Bonchev–Trinajstić information content (AvgIpc) is 2.90. The predicted molar refractivity (Wildman–Crippen MR) is 90.6 cm³/mol. The summed E-state index contributed by atoms with van der Waals surface area (Å²) in [5.74, 6) is 0. The fourth-order valence-corrected chi connectivity index (χ4v) is 2.87. The SMILES string of the molecule is O=Cc1ccc2c(ccn2Cc2ccc(CI)cc2)c1. The fraction of sp³-hybridized carbons (Fsp3) is 0.118. The molecular formula is C17H14INO. The Kier molecular flexibility index (Phi) is 3.87. The summed E-state index contributed by atoms with van der Waals surface area (Å²) >= 11 is 2.37. The highest BCUT2D eigenvalue weighted by Crippen LogP contribution is 2.19. The Balaban J connectivity index is 1.91. The quantitative estimate of drug-likeness (QED) is 0.376. The van der Waals surface area contributed by atoms with Crippen LogP contribution < -0.4 is 0 Å². The lowest BCUT2D eigenvalue weighted by Crippen LogP contribution is -1.97. The summed E-state index contributed by atoms with van der Waals surface area (Å²) in [5.41, 5.74) is 4.52. The van der Waals surface area contributed by atoms with Gasteiger partial charge in [-0.3, -0.25) is 4.79 Å². The van der Waals surface area contributed by atoms with E-state index in [0.29, 0.717) is 0 Å². The third-order valence-electron chi connectivity index (χ3n) is 3.46. The molecule has 3 heteroatoms. The fourth-order valence-electron chi connectivity index (χ4n) is 2.36. The third-order valence-corrected chi connectivity index (χ3v) is 4.34. The molecule has 0 radical (unpaired) electrons. The molecule has 20 heavy (non-hydrogen) atoms. The van der Waals surface area contributed by atoms with Crippen LogP contribution in [0.4, 0.5) is 0 Å².